The Balaban J connectivity index is 1.93. The number of fused-ring (bicyclic) bond motifs is 1. The van der Waals surface area contributed by atoms with Crippen LogP contribution in [0.5, 0.6) is 0 Å². The van der Waals surface area contributed by atoms with E-state index < -0.39 is 0 Å². The number of carbonyl (C=O) groups is 1. The highest BCUT2D eigenvalue weighted by Crippen LogP contribution is 2.18. The molecule has 0 fully saturated rings. The topological polar surface area (TPSA) is 46.4 Å². The van der Waals surface area contributed by atoms with E-state index in [0.29, 0.717) is 17.4 Å². The minimum atomic E-state index is -0.103. The number of nitrogens with zero attached hydrogens (tertiary/aromatic N) is 2. The Morgan fingerprint density at radius 2 is 2.24 bits per heavy atom. The predicted molar refractivity (Wildman–Crippen MR) is 86.4 cm³/mol. The molecule has 0 aliphatic carbocycles. The Morgan fingerprint density at radius 3 is 3.05 bits per heavy atom. The van der Waals surface area contributed by atoms with Crippen molar-refractivity contribution < 1.29 is 4.79 Å². The average Bonchev–Trinajstić information content (AvgIpc) is 2.80. The molecule has 4 nitrogen and oxygen atoms in total. The largest absolute Gasteiger partial charge is 0.353 e. The average molecular weight is 306 g/mol. The van der Waals surface area contributed by atoms with E-state index in [1.807, 2.05) is 28.8 Å². The molecule has 21 heavy (non-hydrogen) atoms. The van der Waals surface area contributed by atoms with E-state index in [-0.39, 0.29) is 5.91 Å². The van der Waals surface area contributed by atoms with Crippen molar-refractivity contribution in [3.05, 3.63) is 41.3 Å². The molecule has 1 N–H and O–H groups in total. The molecule has 0 radical (unpaired) electrons. The molecule has 0 saturated heterocycles. The van der Waals surface area contributed by atoms with Gasteiger partial charge in [-0.2, -0.15) is 0 Å². The van der Waals surface area contributed by atoms with Crippen LogP contribution in [0.3, 0.4) is 0 Å². The molecule has 0 unspecified atom stereocenters. The second-order valence-corrected chi connectivity index (χ2v) is 5.26. The van der Waals surface area contributed by atoms with Crippen LogP contribution in [0.1, 0.15) is 38.3 Å². The third-order valence-electron chi connectivity index (χ3n) is 3.24. The zero-order valence-electron chi connectivity index (χ0n) is 12.2. The standard InChI is InChI=1S/C16H20ClN3O/c1-2-3-4-6-11-18-15(21)10-9-13-16(17)19-14-8-5-7-12-20(13)14/h5,7-10,12H,2-4,6,11H2,1H3,(H,18,21). The van der Waals surface area contributed by atoms with Gasteiger partial charge in [0.2, 0.25) is 5.91 Å². The van der Waals surface area contributed by atoms with Gasteiger partial charge in [-0.25, -0.2) is 4.98 Å². The summed E-state index contributed by atoms with van der Waals surface area (Å²) in [5.74, 6) is -0.103. The van der Waals surface area contributed by atoms with Gasteiger partial charge in [-0.05, 0) is 24.6 Å². The molecule has 2 heterocycles. The molecule has 2 aromatic heterocycles. The number of amides is 1. The predicted octanol–water partition coefficient (Wildman–Crippen LogP) is 3.70. The van der Waals surface area contributed by atoms with Crippen molar-refractivity contribution in [1.82, 2.24) is 14.7 Å². The Kier molecular flexibility index (Phi) is 5.81. The fourth-order valence-corrected chi connectivity index (χ4v) is 2.35. The number of imidazole rings is 1. The molecular formula is C16H20ClN3O. The first-order valence-electron chi connectivity index (χ1n) is 7.31. The third kappa shape index (κ3) is 4.33. The van der Waals surface area contributed by atoms with Crippen molar-refractivity contribution in [1.29, 1.82) is 0 Å². The second kappa shape index (κ2) is 7.84. The van der Waals surface area contributed by atoms with Gasteiger partial charge in [-0.1, -0.05) is 43.9 Å². The van der Waals surface area contributed by atoms with Crippen LogP contribution < -0.4 is 5.32 Å². The van der Waals surface area contributed by atoms with Crippen molar-refractivity contribution in [2.24, 2.45) is 0 Å². The Morgan fingerprint density at radius 1 is 1.38 bits per heavy atom. The third-order valence-corrected chi connectivity index (χ3v) is 3.52. The number of halogens is 1. The number of rotatable bonds is 7. The van der Waals surface area contributed by atoms with Crippen molar-refractivity contribution in [2.45, 2.75) is 32.6 Å². The Hall–Kier alpha value is -1.81. The summed E-state index contributed by atoms with van der Waals surface area (Å²) in [6.07, 6.45) is 9.65. The Labute approximate surface area is 129 Å². The molecule has 0 spiro atoms. The van der Waals surface area contributed by atoms with Crippen LogP contribution in [0.4, 0.5) is 0 Å². The number of pyridine rings is 1. The van der Waals surface area contributed by atoms with Crippen LogP contribution >= 0.6 is 11.6 Å². The van der Waals surface area contributed by atoms with Crippen LogP contribution in [0.2, 0.25) is 5.15 Å². The minimum absolute atomic E-state index is 0.103. The second-order valence-electron chi connectivity index (χ2n) is 4.90. The van der Waals surface area contributed by atoms with Crippen LogP contribution in [0.15, 0.2) is 30.5 Å². The smallest absolute Gasteiger partial charge is 0.244 e. The van der Waals surface area contributed by atoms with Gasteiger partial charge in [0.1, 0.15) is 5.65 Å². The lowest BCUT2D eigenvalue weighted by atomic mass is 10.2. The summed E-state index contributed by atoms with van der Waals surface area (Å²) >= 11 is 6.10. The van der Waals surface area contributed by atoms with E-state index >= 15 is 0 Å². The zero-order valence-corrected chi connectivity index (χ0v) is 12.9. The van der Waals surface area contributed by atoms with Crippen molar-refractivity contribution in [3.63, 3.8) is 0 Å². The van der Waals surface area contributed by atoms with Crippen LogP contribution in [-0.4, -0.2) is 21.8 Å². The van der Waals surface area contributed by atoms with E-state index in [2.05, 4.69) is 17.2 Å². The Bertz CT molecular complexity index is 633. The fourth-order valence-electron chi connectivity index (χ4n) is 2.11. The van der Waals surface area contributed by atoms with Crippen molar-refractivity contribution in [3.8, 4) is 0 Å². The summed E-state index contributed by atoms with van der Waals surface area (Å²) < 4.78 is 1.85. The lowest BCUT2D eigenvalue weighted by molar-refractivity contribution is -0.116. The highest BCUT2D eigenvalue weighted by atomic mass is 35.5. The number of carbonyl (C=O) groups excluding carboxylic acids is 1. The van der Waals surface area contributed by atoms with Gasteiger partial charge in [-0.3, -0.25) is 9.20 Å². The van der Waals surface area contributed by atoms with E-state index in [4.69, 9.17) is 11.6 Å². The number of nitrogens with one attached hydrogen (secondary N) is 1. The maximum atomic E-state index is 11.7. The molecule has 0 aliphatic rings. The van der Waals surface area contributed by atoms with Crippen LogP contribution in [-0.2, 0) is 4.79 Å². The molecule has 0 bridgehead atoms. The number of unbranched alkanes of at least 4 members (excludes halogenated alkanes) is 3. The first kappa shape index (κ1) is 15.6. The number of hydrogen-bond acceptors (Lipinski definition) is 2. The quantitative estimate of drug-likeness (QED) is 0.626. The lowest BCUT2D eigenvalue weighted by Crippen LogP contribution is -2.21. The van der Waals surface area contributed by atoms with Gasteiger partial charge < -0.3 is 5.32 Å². The van der Waals surface area contributed by atoms with Crippen molar-refractivity contribution >= 4 is 29.2 Å². The van der Waals surface area contributed by atoms with E-state index in [0.717, 1.165) is 18.5 Å². The summed E-state index contributed by atoms with van der Waals surface area (Å²) in [6.45, 7) is 2.88. The van der Waals surface area contributed by atoms with Gasteiger partial charge in [0.25, 0.3) is 0 Å². The van der Waals surface area contributed by atoms with Crippen LogP contribution in [0.25, 0.3) is 11.7 Å². The fraction of sp³-hybridized carbons (Fsp3) is 0.375. The van der Waals surface area contributed by atoms with E-state index in [9.17, 15) is 4.79 Å². The lowest BCUT2D eigenvalue weighted by Gasteiger charge is -2.01. The summed E-state index contributed by atoms with van der Waals surface area (Å²) in [5.41, 5.74) is 1.48. The normalized spacial score (nSPS) is 11.3. The molecule has 0 aromatic carbocycles. The van der Waals surface area contributed by atoms with Gasteiger partial charge in [0, 0.05) is 18.8 Å². The van der Waals surface area contributed by atoms with Gasteiger partial charge in [-0.15, -0.1) is 0 Å². The summed E-state index contributed by atoms with van der Waals surface area (Å²) in [7, 11) is 0. The first-order chi connectivity index (χ1) is 10.2. The molecule has 0 saturated carbocycles. The molecule has 2 aromatic rings. The number of hydrogen-bond donors (Lipinski definition) is 1. The maximum absolute atomic E-state index is 11.7. The van der Waals surface area contributed by atoms with Crippen molar-refractivity contribution in [2.75, 3.05) is 6.54 Å². The van der Waals surface area contributed by atoms with Gasteiger partial charge in [0.15, 0.2) is 5.15 Å². The molecule has 0 atom stereocenters. The highest BCUT2D eigenvalue weighted by Gasteiger charge is 2.06. The van der Waals surface area contributed by atoms with E-state index in [1.54, 1.807) is 6.08 Å². The minimum Gasteiger partial charge on any atom is -0.353 e. The van der Waals surface area contributed by atoms with Gasteiger partial charge in [0.05, 0.1) is 5.69 Å². The first-order valence-corrected chi connectivity index (χ1v) is 7.68. The maximum Gasteiger partial charge on any atom is 0.244 e. The molecule has 2 rings (SSSR count). The zero-order chi connectivity index (χ0) is 15.1. The van der Waals surface area contributed by atoms with Crippen LogP contribution in [0, 0.1) is 0 Å². The molecule has 0 aliphatic heterocycles. The summed E-state index contributed by atoms with van der Waals surface area (Å²) in [4.78, 5) is 16.0. The summed E-state index contributed by atoms with van der Waals surface area (Å²) in [6, 6.07) is 5.67. The molecule has 5 heteroatoms. The molecule has 112 valence electrons. The highest BCUT2D eigenvalue weighted by molar-refractivity contribution is 6.31. The monoisotopic (exact) mass is 305 g/mol. The van der Waals surface area contributed by atoms with Gasteiger partial charge >= 0.3 is 0 Å². The SMILES string of the molecule is CCCCCCNC(=O)C=Cc1c(Cl)nc2ccccn12. The summed E-state index contributed by atoms with van der Waals surface area (Å²) in [5, 5.41) is 3.27. The molecular weight excluding hydrogens is 286 g/mol. The molecule has 1 amide bonds. The number of aromatic nitrogens is 2. The van der Waals surface area contributed by atoms with E-state index in [1.165, 1.54) is 18.9 Å².